The number of thioether (sulfide) groups is 1. The first-order valence-electron chi connectivity index (χ1n) is 16.2. The number of pyridine rings is 1. The highest BCUT2D eigenvalue weighted by atomic mass is 32.2. The molecule has 1 saturated heterocycles. The third-order valence-electron chi connectivity index (χ3n) is 8.68. The Morgan fingerprint density at radius 1 is 0.915 bits per heavy atom. The second-order valence-electron chi connectivity index (χ2n) is 12.8. The predicted molar refractivity (Wildman–Crippen MR) is 186 cm³/mol. The maximum atomic E-state index is 13.1. The number of piperazine rings is 1. The van der Waals surface area contributed by atoms with Crippen LogP contribution in [0.15, 0.2) is 83.9 Å². The molecule has 1 aromatic heterocycles. The summed E-state index contributed by atoms with van der Waals surface area (Å²) < 4.78 is 39.2. The van der Waals surface area contributed by atoms with Crippen molar-refractivity contribution >= 4 is 40.0 Å². The molecule has 0 bridgehead atoms. The Kier molecular flexibility index (Phi) is 11.3. The minimum absolute atomic E-state index is 0.374. The van der Waals surface area contributed by atoms with E-state index in [2.05, 4.69) is 62.6 Å². The van der Waals surface area contributed by atoms with Crippen molar-refractivity contribution in [2.45, 2.75) is 50.6 Å². The first kappa shape index (κ1) is 34.6. The predicted octanol–water partition coefficient (Wildman–Crippen LogP) is 8.92. The fourth-order valence-corrected chi connectivity index (χ4v) is 7.02. The van der Waals surface area contributed by atoms with E-state index in [0.29, 0.717) is 12.1 Å². The maximum Gasteiger partial charge on any atom is 0.416 e. The normalized spacial score (nSPS) is 14.4. The molecule has 0 saturated carbocycles. The van der Waals surface area contributed by atoms with E-state index in [-0.39, 0.29) is 0 Å². The number of carboxylic acids is 1. The minimum atomic E-state index is -4.37. The number of hydrogen-bond donors (Lipinski definition) is 2. The van der Waals surface area contributed by atoms with Crippen molar-refractivity contribution in [3.05, 3.63) is 84.6 Å². The lowest BCUT2D eigenvalue weighted by Gasteiger charge is -2.39. The second-order valence-corrected chi connectivity index (χ2v) is 13.9. The summed E-state index contributed by atoms with van der Waals surface area (Å²) in [5.41, 5.74) is 3.57. The van der Waals surface area contributed by atoms with Crippen LogP contribution in [0.1, 0.15) is 45.1 Å². The van der Waals surface area contributed by atoms with Crippen LogP contribution in [0.5, 0.6) is 0 Å². The summed E-state index contributed by atoms with van der Waals surface area (Å²) in [4.78, 5) is 21.4. The number of nitrogens with zero attached hydrogens (tertiary/aromatic N) is 3. The highest BCUT2D eigenvalue weighted by Crippen LogP contribution is 2.36. The number of anilines is 2. The molecule has 2 N–H and O–H groups in total. The maximum absolute atomic E-state index is 13.1. The number of aromatic nitrogens is 1. The molecule has 0 unspecified atom stereocenters. The monoisotopic (exact) mass is 664 g/mol. The Balaban J connectivity index is 1.09. The Labute approximate surface area is 279 Å². The SMILES string of the molecule is CC(C)(CN1CCN(c2ccc(NCCCCCCSc3ccnc4cc(C(F)(F)F)ccc34)cc2-c2ccccc2)CC1)C(=O)O. The molecule has 250 valence electrons. The molecule has 6 nitrogen and oxygen atoms in total. The van der Waals surface area contributed by atoms with Gasteiger partial charge in [-0.2, -0.15) is 13.2 Å². The fourth-order valence-electron chi connectivity index (χ4n) is 5.96. The van der Waals surface area contributed by atoms with E-state index in [0.717, 1.165) is 92.3 Å². The molecule has 0 radical (unpaired) electrons. The van der Waals surface area contributed by atoms with Gasteiger partial charge in [0.25, 0.3) is 0 Å². The van der Waals surface area contributed by atoms with E-state index in [1.54, 1.807) is 31.8 Å². The van der Waals surface area contributed by atoms with Gasteiger partial charge in [-0.05, 0) is 74.4 Å². The van der Waals surface area contributed by atoms with Crippen molar-refractivity contribution in [3.8, 4) is 11.1 Å². The summed E-state index contributed by atoms with van der Waals surface area (Å²) in [6.45, 7) is 8.32. The molecule has 0 atom stereocenters. The average Bonchev–Trinajstić information content (AvgIpc) is 3.06. The van der Waals surface area contributed by atoms with E-state index in [9.17, 15) is 23.1 Å². The summed E-state index contributed by atoms with van der Waals surface area (Å²) >= 11 is 1.67. The molecule has 0 spiro atoms. The zero-order valence-electron chi connectivity index (χ0n) is 27.0. The van der Waals surface area contributed by atoms with Crippen LogP contribution in [0.4, 0.5) is 24.5 Å². The van der Waals surface area contributed by atoms with E-state index in [4.69, 9.17) is 0 Å². The number of carboxylic acid groups (broad SMARTS) is 1. The first-order valence-corrected chi connectivity index (χ1v) is 17.2. The van der Waals surface area contributed by atoms with Crippen LogP contribution in [0.25, 0.3) is 22.0 Å². The number of hydrogen-bond acceptors (Lipinski definition) is 6. The third-order valence-corrected chi connectivity index (χ3v) is 9.84. The van der Waals surface area contributed by atoms with Gasteiger partial charge < -0.3 is 15.3 Å². The van der Waals surface area contributed by atoms with Crippen molar-refractivity contribution < 1.29 is 23.1 Å². The quantitative estimate of drug-likeness (QED) is 0.103. The number of nitrogens with one attached hydrogen (secondary N) is 1. The number of halogens is 3. The number of rotatable bonds is 14. The van der Waals surface area contributed by atoms with Gasteiger partial charge in [-0.3, -0.25) is 14.7 Å². The van der Waals surface area contributed by atoms with Crippen molar-refractivity contribution in [3.63, 3.8) is 0 Å². The highest BCUT2D eigenvalue weighted by Gasteiger charge is 2.32. The van der Waals surface area contributed by atoms with Crippen LogP contribution < -0.4 is 10.2 Å². The summed E-state index contributed by atoms with van der Waals surface area (Å²) in [5.74, 6) is 0.139. The van der Waals surface area contributed by atoms with Gasteiger partial charge in [0, 0.05) is 72.7 Å². The second kappa shape index (κ2) is 15.4. The molecule has 1 fully saturated rings. The molecule has 4 aromatic rings. The van der Waals surface area contributed by atoms with Gasteiger partial charge in [0.2, 0.25) is 0 Å². The van der Waals surface area contributed by atoms with Crippen LogP contribution in [0.2, 0.25) is 0 Å². The van der Waals surface area contributed by atoms with E-state index < -0.39 is 23.1 Å². The number of alkyl halides is 3. The van der Waals surface area contributed by atoms with Crippen LogP contribution >= 0.6 is 11.8 Å². The Hall–Kier alpha value is -3.76. The van der Waals surface area contributed by atoms with Gasteiger partial charge in [-0.25, -0.2) is 0 Å². The highest BCUT2D eigenvalue weighted by molar-refractivity contribution is 7.99. The number of benzene rings is 3. The average molecular weight is 665 g/mol. The molecule has 47 heavy (non-hydrogen) atoms. The lowest BCUT2D eigenvalue weighted by Crippen LogP contribution is -2.50. The van der Waals surface area contributed by atoms with Crippen molar-refractivity contribution in [1.29, 1.82) is 0 Å². The minimum Gasteiger partial charge on any atom is -0.481 e. The molecule has 5 rings (SSSR count). The molecule has 10 heteroatoms. The third kappa shape index (κ3) is 9.20. The number of fused-ring (bicyclic) bond motifs is 1. The summed E-state index contributed by atoms with van der Waals surface area (Å²) in [6.07, 6.45) is 1.45. The van der Waals surface area contributed by atoms with Gasteiger partial charge in [0.05, 0.1) is 16.5 Å². The number of aliphatic carboxylic acids is 1. The van der Waals surface area contributed by atoms with Gasteiger partial charge >= 0.3 is 12.1 Å². The summed E-state index contributed by atoms with van der Waals surface area (Å²) in [5, 5.41) is 13.9. The van der Waals surface area contributed by atoms with E-state index >= 15 is 0 Å². The van der Waals surface area contributed by atoms with Crippen molar-refractivity contribution in [2.24, 2.45) is 5.41 Å². The van der Waals surface area contributed by atoms with Gasteiger partial charge in [0.1, 0.15) is 0 Å². The number of unbranched alkanes of at least 4 members (excludes halogenated alkanes) is 3. The lowest BCUT2D eigenvalue weighted by atomic mass is 9.93. The lowest BCUT2D eigenvalue weighted by molar-refractivity contribution is -0.148. The summed E-state index contributed by atoms with van der Waals surface area (Å²) in [7, 11) is 0. The van der Waals surface area contributed by atoms with Crippen LogP contribution in [0, 0.1) is 5.41 Å². The molecule has 1 aliphatic heterocycles. The molecule has 2 heterocycles. The Morgan fingerprint density at radius 2 is 1.66 bits per heavy atom. The topological polar surface area (TPSA) is 68.7 Å². The van der Waals surface area contributed by atoms with Crippen molar-refractivity contribution in [1.82, 2.24) is 9.88 Å². The zero-order chi connectivity index (χ0) is 33.4. The Morgan fingerprint density at radius 3 is 2.38 bits per heavy atom. The van der Waals surface area contributed by atoms with Gasteiger partial charge in [-0.15, -0.1) is 11.8 Å². The Bertz CT molecular complexity index is 1640. The smallest absolute Gasteiger partial charge is 0.416 e. The molecule has 0 amide bonds. The van der Waals surface area contributed by atoms with Crippen LogP contribution in [0.3, 0.4) is 0 Å². The molecular weight excluding hydrogens is 621 g/mol. The first-order chi connectivity index (χ1) is 22.5. The van der Waals surface area contributed by atoms with Crippen LogP contribution in [-0.4, -0.2) is 66.0 Å². The van der Waals surface area contributed by atoms with Crippen LogP contribution in [-0.2, 0) is 11.0 Å². The molecular formula is C37H43F3N4O2S. The molecule has 0 aliphatic carbocycles. The molecule has 3 aromatic carbocycles. The summed E-state index contributed by atoms with van der Waals surface area (Å²) in [6, 6.07) is 22.7. The largest absolute Gasteiger partial charge is 0.481 e. The molecule has 1 aliphatic rings. The van der Waals surface area contributed by atoms with Gasteiger partial charge in [0.15, 0.2) is 0 Å². The van der Waals surface area contributed by atoms with Crippen molar-refractivity contribution in [2.75, 3.05) is 55.2 Å². The fraction of sp³-hybridized carbons (Fsp3) is 0.405. The zero-order valence-corrected chi connectivity index (χ0v) is 27.8. The van der Waals surface area contributed by atoms with Gasteiger partial charge in [-0.1, -0.05) is 49.2 Å². The van der Waals surface area contributed by atoms with E-state index in [1.807, 2.05) is 12.1 Å². The number of carbonyl (C=O) groups is 1. The standard InChI is InChI=1S/C37H43F3N4O2S/c1-36(2,35(45)46)26-43-19-21-44(22-20-43)33-15-13-29(25-31(33)27-10-6-5-7-11-27)41-17-8-3-4-9-23-47-34-16-18-42-32-24-28(37(38,39)40)12-14-30(32)34/h5-7,10-16,18,24-25,41H,3-4,8-9,17,19-23,26H2,1-2H3,(H,45,46). The van der Waals surface area contributed by atoms with E-state index in [1.165, 1.54) is 22.9 Å².